The first-order valence-electron chi connectivity index (χ1n) is 10.0. The quantitative estimate of drug-likeness (QED) is 0.787. The number of anilines is 1. The Morgan fingerprint density at radius 2 is 1.96 bits per heavy atom. The van der Waals surface area contributed by atoms with Crippen molar-refractivity contribution < 1.29 is 0 Å². The van der Waals surface area contributed by atoms with Crippen molar-refractivity contribution in [2.45, 2.75) is 72.0 Å². The van der Waals surface area contributed by atoms with Gasteiger partial charge < -0.3 is 14.8 Å². The first-order chi connectivity index (χ1) is 12.7. The summed E-state index contributed by atoms with van der Waals surface area (Å²) in [6, 6.07) is 2.67. The Morgan fingerprint density at radius 1 is 1.15 bits per heavy atom. The molecule has 0 atom stereocenters. The normalized spacial score (nSPS) is 15.6. The van der Waals surface area contributed by atoms with E-state index >= 15 is 0 Å². The minimum Gasteiger partial charge on any atom is -0.356 e. The van der Waals surface area contributed by atoms with Crippen molar-refractivity contribution in [3.05, 3.63) is 35.8 Å². The van der Waals surface area contributed by atoms with Crippen LogP contribution in [0.1, 0.15) is 56.9 Å². The Hall–Kier alpha value is -1.95. The van der Waals surface area contributed by atoms with Gasteiger partial charge in [0, 0.05) is 56.3 Å². The van der Waals surface area contributed by atoms with Gasteiger partial charge >= 0.3 is 0 Å². The molecule has 0 radical (unpaired) electrons. The molecule has 1 N–H and O–H groups in total. The molecule has 0 saturated carbocycles. The maximum atomic E-state index is 4.77. The Kier molecular flexibility index (Phi) is 6.61. The maximum absolute atomic E-state index is 4.77. The van der Waals surface area contributed by atoms with E-state index in [4.69, 9.17) is 4.98 Å². The van der Waals surface area contributed by atoms with Gasteiger partial charge in [-0.2, -0.15) is 0 Å². The predicted octanol–water partition coefficient (Wildman–Crippen LogP) is 3.10. The molecule has 2 aromatic rings. The maximum Gasteiger partial charge on any atom is 0.132 e. The molecule has 0 aromatic carbocycles. The number of hydrogen-bond donors (Lipinski definition) is 1. The third-order valence-electron chi connectivity index (χ3n) is 4.99. The topological polar surface area (TPSA) is 58.9 Å². The van der Waals surface area contributed by atoms with Crippen LogP contribution >= 0.6 is 0 Å². The molecule has 0 amide bonds. The molecule has 6 nitrogen and oxygen atoms in total. The summed E-state index contributed by atoms with van der Waals surface area (Å²) in [6.45, 7) is 10.4. The van der Waals surface area contributed by atoms with Crippen LogP contribution in [-0.2, 0) is 19.5 Å². The average molecular weight is 357 g/mol. The van der Waals surface area contributed by atoms with E-state index in [1.54, 1.807) is 0 Å². The van der Waals surface area contributed by atoms with Crippen LogP contribution in [0.3, 0.4) is 0 Å². The highest BCUT2D eigenvalue weighted by Crippen LogP contribution is 2.19. The Bertz CT molecular complexity index is 687. The van der Waals surface area contributed by atoms with E-state index in [9.17, 15) is 0 Å². The number of rotatable bonds is 8. The smallest absolute Gasteiger partial charge is 0.132 e. The van der Waals surface area contributed by atoms with Gasteiger partial charge in [0.05, 0.1) is 6.54 Å². The highest BCUT2D eigenvalue weighted by molar-refractivity contribution is 5.40. The summed E-state index contributed by atoms with van der Waals surface area (Å²) < 4.78 is 2.25. The van der Waals surface area contributed by atoms with Gasteiger partial charge in [-0.25, -0.2) is 15.0 Å². The van der Waals surface area contributed by atoms with Crippen LogP contribution in [0.15, 0.2) is 18.5 Å². The lowest BCUT2D eigenvalue weighted by Gasteiger charge is -2.33. The first kappa shape index (κ1) is 18.8. The zero-order valence-corrected chi connectivity index (χ0v) is 16.4. The monoisotopic (exact) mass is 356 g/mol. The minimum atomic E-state index is 0.552. The van der Waals surface area contributed by atoms with E-state index in [0.717, 1.165) is 81.4 Å². The Balaban J connectivity index is 1.52. The molecular weight excluding hydrogens is 324 g/mol. The highest BCUT2D eigenvalue weighted by atomic mass is 15.2. The van der Waals surface area contributed by atoms with E-state index in [0.29, 0.717) is 6.04 Å². The molecule has 0 aliphatic carbocycles. The second-order valence-electron chi connectivity index (χ2n) is 7.21. The van der Waals surface area contributed by atoms with Crippen molar-refractivity contribution in [3.8, 4) is 0 Å². The Morgan fingerprint density at radius 3 is 2.69 bits per heavy atom. The largest absolute Gasteiger partial charge is 0.356 e. The molecule has 0 unspecified atom stereocenters. The summed E-state index contributed by atoms with van der Waals surface area (Å²) in [5.74, 6) is 3.22. The molecule has 26 heavy (non-hydrogen) atoms. The van der Waals surface area contributed by atoms with Gasteiger partial charge in [0.1, 0.15) is 17.5 Å². The summed E-state index contributed by atoms with van der Waals surface area (Å²) in [4.78, 5) is 16.2. The summed E-state index contributed by atoms with van der Waals surface area (Å²) in [5.41, 5.74) is 1.07. The Labute approximate surface area is 157 Å². The van der Waals surface area contributed by atoms with E-state index in [2.05, 4.69) is 57.8 Å². The van der Waals surface area contributed by atoms with Gasteiger partial charge in [-0.3, -0.25) is 0 Å². The second kappa shape index (κ2) is 9.12. The number of nitrogens with one attached hydrogen (secondary N) is 1. The van der Waals surface area contributed by atoms with Gasteiger partial charge in [-0.05, 0) is 32.6 Å². The van der Waals surface area contributed by atoms with E-state index < -0.39 is 0 Å². The average Bonchev–Trinajstić information content (AvgIpc) is 3.08. The molecule has 1 aliphatic rings. The zero-order valence-electron chi connectivity index (χ0n) is 16.4. The second-order valence-corrected chi connectivity index (χ2v) is 7.21. The molecule has 1 fully saturated rings. The molecule has 0 bridgehead atoms. The third kappa shape index (κ3) is 4.81. The van der Waals surface area contributed by atoms with Gasteiger partial charge in [-0.1, -0.05) is 13.8 Å². The molecule has 6 heteroatoms. The van der Waals surface area contributed by atoms with E-state index in [-0.39, 0.29) is 0 Å². The van der Waals surface area contributed by atoms with Crippen LogP contribution in [-0.4, -0.2) is 38.7 Å². The summed E-state index contributed by atoms with van der Waals surface area (Å²) in [5, 5.41) is 3.70. The van der Waals surface area contributed by atoms with E-state index in [1.165, 1.54) is 0 Å². The number of aromatic nitrogens is 4. The van der Waals surface area contributed by atoms with Crippen LogP contribution < -0.4 is 10.2 Å². The van der Waals surface area contributed by atoms with Crippen molar-refractivity contribution in [1.29, 1.82) is 0 Å². The minimum absolute atomic E-state index is 0.552. The highest BCUT2D eigenvalue weighted by Gasteiger charge is 2.21. The lowest BCUT2D eigenvalue weighted by Crippen LogP contribution is -2.43. The fourth-order valence-electron chi connectivity index (χ4n) is 3.61. The molecule has 3 rings (SSSR count). The molecule has 0 spiro atoms. The SMILES string of the molecule is CCCc1nc(C)cc(N2CCC(NCc3nccn3CCC)CC2)n1. The molecular formula is C20H32N6. The van der Waals surface area contributed by atoms with Crippen LogP contribution in [0.25, 0.3) is 0 Å². The predicted molar refractivity (Wildman–Crippen MR) is 105 cm³/mol. The van der Waals surface area contributed by atoms with Crippen molar-refractivity contribution in [3.63, 3.8) is 0 Å². The van der Waals surface area contributed by atoms with Crippen LogP contribution in [0, 0.1) is 6.92 Å². The van der Waals surface area contributed by atoms with Gasteiger partial charge in [0.2, 0.25) is 0 Å². The summed E-state index contributed by atoms with van der Waals surface area (Å²) >= 11 is 0. The van der Waals surface area contributed by atoms with Crippen molar-refractivity contribution in [2.75, 3.05) is 18.0 Å². The number of hydrogen-bond acceptors (Lipinski definition) is 5. The lowest BCUT2D eigenvalue weighted by molar-refractivity contribution is 0.404. The standard InChI is InChI=1S/C20H32N6/c1-4-6-18-23-16(3)14-19(24-18)26-11-7-17(8-12-26)22-15-20-21-9-13-25(20)10-5-2/h9,13-14,17,22H,4-8,10-12,15H2,1-3H3. The fraction of sp³-hybridized carbons (Fsp3) is 0.650. The van der Waals surface area contributed by atoms with Gasteiger partial charge in [-0.15, -0.1) is 0 Å². The summed E-state index contributed by atoms with van der Waals surface area (Å²) in [6.07, 6.45) is 9.44. The fourth-order valence-corrected chi connectivity index (χ4v) is 3.61. The van der Waals surface area contributed by atoms with Crippen molar-refractivity contribution in [2.24, 2.45) is 0 Å². The number of piperidine rings is 1. The number of imidazole rings is 1. The molecule has 1 saturated heterocycles. The third-order valence-corrected chi connectivity index (χ3v) is 4.99. The van der Waals surface area contributed by atoms with Crippen LogP contribution in [0.2, 0.25) is 0 Å². The first-order valence-corrected chi connectivity index (χ1v) is 10.0. The number of nitrogens with zero attached hydrogens (tertiary/aromatic N) is 5. The molecule has 1 aliphatic heterocycles. The summed E-state index contributed by atoms with van der Waals surface area (Å²) in [7, 11) is 0. The molecule has 142 valence electrons. The number of aryl methyl sites for hydroxylation is 3. The van der Waals surface area contributed by atoms with E-state index in [1.807, 2.05) is 6.20 Å². The molecule has 2 aromatic heterocycles. The zero-order chi connectivity index (χ0) is 18.4. The van der Waals surface area contributed by atoms with Gasteiger partial charge in [0.15, 0.2) is 0 Å². The van der Waals surface area contributed by atoms with Crippen molar-refractivity contribution in [1.82, 2.24) is 24.8 Å². The van der Waals surface area contributed by atoms with Crippen LogP contribution in [0.5, 0.6) is 0 Å². The van der Waals surface area contributed by atoms with Gasteiger partial charge in [0.25, 0.3) is 0 Å². The lowest BCUT2D eigenvalue weighted by atomic mass is 10.0. The molecule has 3 heterocycles. The van der Waals surface area contributed by atoms with Crippen molar-refractivity contribution >= 4 is 5.82 Å². The van der Waals surface area contributed by atoms with Crippen LogP contribution in [0.4, 0.5) is 5.82 Å².